The molecule has 1 saturated carbocycles. The van der Waals surface area contributed by atoms with Gasteiger partial charge in [-0.3, -0.25) is 19.5 Å². The van der Waals surface area contributed by atoms with Gasteiger partial charge < -0.3 is 10.1 Å². The summed E-state index contributed by atoms with van der Waals surface area (Å²) in [5.74, 6) is -0.154. The van der Waals surface area contributed by atoms with Crippen molar-refractivity contribution < 1.29 is 14.3 Å². The van der Waals surface area contributed by atoms with Crippen molar-refractivity contribution in [3.63, 3.8) is 0 Å². The molecule has 6 nitrogen and oxygen atoms in total. The van der Waals surface area contributed by atoms with Gasteiger partial charge in [0.05, 0.1) is 6.61 Å². The number of nitrogens with zero attached hydrogens (tertiary/aromatic N) is 2. The lowest BCUT2D eigenvalue weighted by atomic mass is 9.90. The summed E-state index contributed by atoms with van der Waals surface area (Å²) < 4.78 is 6.03. The van der Waals surface area contributed by atoms with Crippen LogP contribution in [-0.4, -0.2) is 40.1 Å². The van der Waals surface area contributed by atoms with E-state index in [4.69, 9.17) is 4.74 Å². The van der Waals surface area contributed by atoms with Crippen molar-refractivity contribution in [2.45, 2.75) is 63.8 Å². The number of pyridine rings is 1. The van der Waals surface area contributed by atoms with Gasteiger partial charge in [-0.05, 0) is 37.3 Å². The van der Waals surface area contributed by atoms with E-state index in [0.29, 0.717) is 13.0 Å². The molecule has 3 rings (SSSR count). The Morgan fingerprint density at radius 2 is 2.17 bits per heavy atom. The Morgan fingerprint density at radius 3 is 2.83 bits per heavy atom. The first-order valence-corrected chi connectivity index (χ1v) is 8.79. The van der Waals surface area contributed by atoms with Crippen LogP contribution in [0.1, 0.15) is 51.0 Å². The summed E-state index contributed by atoms with van der Waals surface area (Å²) in [5.41, 5.74) is 0.368. The molecule has 1 atom stereocenters. The van der Waals surface area contributed by atoms with Crippen LogP contribution in [-0.2, 0) is 20.9 Å². The molecule has 2 fully saturated rings. The summed E-state index contributed by atoms with van der Waals surface area (Å²) in [6.45, 7) is 2.52. The first-order chi connectivity index (χ1) is 11.7. The number of carbonyl (C=O) groups is 2. The molecule has 1 saturated heterocycles. The van der Waals surface area contributed by atoms with Crippen LogP contribution in [0, 0.1) is 0 Å². The van der Waals surface area contributed by atoms with Crippen LogP contribution >= 0.6 is 0 Å². The molecule has 1 aromatic rings. The van der Waals surface area contributed by atoms with Gasteiger partial charge >= 0.3 is 0 Å². The quantitative estimate of drug-likeness (QED) is 0.916. The number of carbonyl (C=O) groups excluding carboxylic acids is 2. The summed E-state index contributed by atoms with van der Waals surface area (Å²) in [5, 5.41) is 2.92. The second-order valence-electron chi connectivity index (χ2n) is 6.53. The van der Waals surface area contributed by atoms with Gasteiger partial charge in [0.25, 0.3) is 0 Å². The van der Waals surface area contributed by atoms with Crippen molar-refractivity contribution in [1.29, 1.82) is 0 Å². The molecule has 24 heavy (non-hydrogen) atoms. The highest BCUT2D eigenvalue weighted by Crippen LogP contribution is 2.40. The van der Waals surface area contributed by atoms with Crippen molar-refractivity contribution in [3.8, 4) is 0 Å². The van der Waals surface area contributed by atoms with E-state index in [1.807, 2.05) is 19.1 Å². The highest BCUT2D eigenvalue weighted by Gasteiger charge is 2.52. The monoisotopic (exact) mass is 331 g/mol. The number of aromatic nitrogens is 1. The molecule has 6 heteroatoms. The molecule has 1 aliphatic heterocycles. The fraction of sp³-hybridized carbons (Fsp3) is 0.611. The van der Waals surface area contributed by atoms with Crippen molar-refractivity contribution in [2.24, 2.45) is 0 Å². The zero-order chi connectivity index (χ0) is 17.0. The van der Waals surface area contributed by atoms with Gasteiger partial charge in [-0.15, -0.1) is 0 Å². The van der Waals surface area contributed by atoms with E-state index >= 15 is 0 Å². The maximum Gasteiger partial charge on any atom is 0.245 e. The minimum atomic E-state index is -0.568. The molecule has 1 aromatic heterocycles. The topological polar surface area (TPSA) is 71.5 Å². The first-order valence-electron chi connectivity index (χ1n) is 8.79. The van der Waals surface area contributed by atoms with Gasteiger partial charge in [-0.25, -0.2) is 0 Å². The third-order valence-corrected chi connectivity index (χ3v) is 4.96. The van der Waals surface area contributed by atoms with Gasteiger partial charge in [0, 0.05) is 25.4 Å². The van der Waals surface area contributed by atoms with E-state index in [-0.39, 0.29) is 18.4 Å². The average Bonchev–Trinajstić information content (AvgIpc) is 2.99. The molecule has 2 aliphatic rings. The molecule has 0 radical (unpaired) electrons. The SMILES string of the molecule is CCC(=O)N1C(C(=O)NCc2cccnc2)COC12CCCCC2. The number of nitrogens with one attached hydrogen (secondary N) is 1. The van der Waals surface area contributed by atoms with Crippen molar-refractivity contribution in [2.75, 3.05) is 6.61 Å². The number of rotatable bonds is 4. The van der Waals surface area contributed by atoms with Gasteiger partial charge in [0.15, 0.2) is 0 Å². The van der Waals surface area contributed by atoms with E-state index in [1.54, 1.807) is 17.3 Å². The summed E-state index contributed by atoms with van der Waals surface area (Å²) in [6.07, 6.45) is 8.70. The van der Waals surface area contributed by atoms with Gasteiger partial charge in [-0.2, -0.15) is 0 Å². The van der Waals surface area contributed by atoms with Crippen LogP contribution in [0.25, 0.3) is 0 Å². The minimum absolute atomic E-state index is 0.00377. The molecule has 1 N–H and O–H groups in total. The van der Waals surface area contributed by atoms with Crippen LogP contribution in [0.2, 0.25) is 0 Å². The van der Waals surface area contributed by atoms with Gasteiger partial charge in [0.1, 0.15) is 11.8 Å². The van der Waals surface area contributed by atoms with E-state index in [1.165, 1.54) is 0 Å². The summed E-state index contributed by atoms with van der Waals surface area (Å²) in [4.78, 5) is 31.0. The highest BCUT2D eigenvalue weighted by atomic mass is 16.5. The fourth-order valence-corrected chi connectivity index (χ4v) is 3.73. The van der Waals surface area contributed by atoms with Crippen LogP contribution in [0.5, 0.6) is 0 Å². The van der Waals surface area contributed by atoms with Crippen molar-refractivity contribution in [1.82, 2.24) is 15.2 Å². The highest BCUT2D eigenvalue weighted by molar-refractivity contribution is 5.88. The Morgan fingerprint density at radius 1 is 1.38 bits per heavy atom. The zero-order valence-electron chi connectivity index (χ0n) is 14.2. The number of ether oxygens (including phenoxy) is 1. The first kappa shape index (κ1) is 16.9. The van der Waals surface area contributed by atoms with Gasteiger partial charge in [-0.1, -0.05) is 19.4 Å². The standard InChI is InChI=1S/C18H25N3O3/c1-2-16(22)21-15(13-24-18(21)8-4-3-5-9-18)17(23)20-12-14-7-6-10-19-11-14/h6-7,10-11,15H,2-5,8-9,12-13H2,1H3,(H,20,23). The Labute approximate surface area is 142 Å². The van der Waals surface area contributed by atoms with Crippen LogP contribution in [0.15, 0.2) is 24.5 Å². The molecular weight excluding hydrogens is 306 g/mol. The molecule has 0 bridgehead atoms. The summed E-state index contributed by atoms with van der Waals surface area (Å²) in [7, 11) is 0. The van der Waals surface area contributed by atoms with Crippen LogP contribution in [0.4, 0.5) is 0 Å². The van der Waals surface area contributed by atoms with Crippen molar-refractivity contribution >= 4 is 11.8 Å². The molecule has 2 heterocycles. The maximum absolute atomic E-state index is 12.7. The van der Waals surface area contributed by atoms with E-state index in [9.17, 15) is 9.59 Å². The van der Waals surface area contributed by atoms with Crippen molar-refractivity contribution in [3.05, 3.63) is 30.1 Å². The molecule has 1 unspecified atom stereocenters. The molecule has 0 aromatic carbocycles. The second-order valence-corrected chi connectivity index (χ2v) is 6.53. The van der Waals surface area contributed by atoms with Crippen LogP contribution < -0.4 is 5.32 Å². The lowest BCUT2D eigenvalue weighted by Gasteiger charge is -2.41. The third kappa shape index (κ3) is 3.29. The Hall–Kier alpha value is -1.95. The minimum Gasteiger partial charge on any atom is -0.353 e. The maximum atomic E-state index is 12.7. The molecule has 1 aliphatic carbocycles. The zero-order valence-corrected chi connectivity index (χ0v) is 14.2. The number of hydrogen-bond acceptors (Lipinski definition) is 4. The second kappa shape index (κ2) is 7.30. The Bertz CT molecular complexity index is 584. The summed E-state index contributed by atoms with van der Waals surface area (Å²) in [6, 6.07) is 3.22. The predicted molar refractivity (Wildman–Crippen MR) is 88.8 cm³/mol. The van der Waals surface area contributed by atoms with Crippen LogP contribution in [0.3, 0.4) is 0 Å². The van der Waals surface area contributed by atoms with E-state index in [0.717, 1.165) is 37.7 Å². The molecule has 1 spiro atoms. The molecule has 2 amide bonds. The lowest BCUT2D eigenvalue weighted by Crippen LogP contribution is -2.56. The number of hydrogen-bond donors (Lipinski definition) is 1. The normalized spacial score (nSPS) is 22.5. The summed E-state index contributed by atoms with van der Waals surface area (Å²) >= 11 is 0. The Balaban J connectivity index is 1.71. The smallest absolute Gasteiger partial charge is 0.245 e. The predicted octanol–water partition coefficient (Wildman–Crippen LogP) is 2.00. The Kier molecular flexibility index (Phi) is 5.14. The molecular formula is C18H25N3O3. The van der Waals surface area contributed by atoms with Gasteiger partial charge in [0.2, 0.25) is 11.8 Å². The average molecular weight is 331 g/mol. The lowest BCUT2D eigenvalue weighted by molar-refractivity contribution is -0.159. The molecule has 130 valence electrons. The fourth-order valence-electron chi connectivity index (χ4n) is 3.73. The number of amides is 2. The van der Waals surface area contributed by atoms with E-state index in [2.05, 4.69) is 10.3 Å². The largest absolute Gasteiger partial charge is 0.353 e. The third-order valence-electron chi connectivity index (χ3n) is 4.96. The van der Waals surface area contributed by atoms with E-state index < -0.39 is 11.8 Å².